The van der Waals surface area contributed by atoms with Crippen molar-refractivity contribution >= 4 is 5.69 Å². The third kappa shape index (κ3) is 3.10. The summed E-state index contributed by atoms with van der Waals surface area (Å²) in [6.45, 7) is 11.8. The molecular formula is C16H27N3. The van der Waals surface area contributed by atoms with Crippen LogP contribution in [0.15, 0.2) is 24.3 Å². The lowest BCUT2D eigenvalue weighted by Gasteiger charge is -2.44. The topological polar surface area (TPSA) is 32.5 Å². The van der Waals surface area contributed by atoms with Crippen molar-refractivity contribution in [1.82, 2.24) is 4.90 Å². The van der Waals surface area contributed by atoms with Crippen molar-refractivity contribution in [2.24, 2.45) is 5.73 Å². The smallest absolute Gasteiger partial charge is 0.0399 e. The zero-order valence-corrected chi connectivity index (χ0v) is 12.5. The molecule has 0 spiro atoms. The summed E-state index contributed by atoms with van der Waals surface area (Å²) in [6, 6.07) is 8.77. The van der Waals surface area contributed by atoms with Gasteiger partial charge in [-0.25, -0.2) is 0 Å². The highest BCUT2D eigenvalue weighted by atomic mass is 15.3. The minimum absolute atomic E-state index is 0.121. The Balaban J connectivity index is 2.04. The van der Waals surface area contributed by atoms with Crippen molar-refractivity contribution in [2.75, 3.05) is 37.6 Å². The highest BCUT2D eigenvalue weighted by molar-refractivity contribution is 5.54. The molecule has 1 aromatic carbocycles. The third-order valence-electron chi connectivity index (χ3n) is 4.35. The van der Waals surface area contributed by atoms with Crippen LogP contribution in [0.4, 0.5) is 5.69 Å². The number of hydrogen-bond donors (Lipinski definition) is 1. The van der Waals surface area contributed by atoms with E-state index in [0.29, 0.717) is 0 Å². The van der Waals surface area contributed by atoms with Gasteiger partial charge in [0.25, 0.3) is 0 Å². The standard InChI is InChI=1S/C16H27N3/c1-4-14-7-5-6-8-15(14)18-9-11-19(12-10-18)16(2,3)13-17/h5-8H,4,9-13,17H2,1-3H3. The molecule has 1 aliphatic rings. The second-order valence-corrected chi connectivity index (χ2v) is 5.97. The molecule has 1 fully saturated rings. The first-order chi connectivity index (χ1) is 9.08. The van der Waals surface area contributed by atoms with Gasteiger partial charge < -0.3 is 10.6 Å². The number of nitrogens with zero attached hydrogens (tertiary/aromatic N) is 2. The summed E-state index contributed by atoms with van der Waals surface area (Å²) in [5.74, 6) is 0. The highest BCUT2D eigenvalue weighted by Crippen LogP contribution is 2.24. The first kappa shape index (κ1) is 14.4. The summed E-state index contributed by atoms with van der Waals surface area (Å²) >= 11 is 0. The minimum Gasteiger partial charge on any atom is -0.369 e. The maximum Gasteiger partial charge on any atom is 0.0399 e. The molecule has 3 heteroatoms. The van der Waals surface area contributed by atoms with E-state index in [9.17, 15) is 0 Å². The van der Waals surface area contributed by atoms with E-state index in [1.807, 2.05) is 0 Å². The molecule has 1 aromatic rings. The molecule has 0 unspecified atom stereocenters. The molecule has 0 aromatic heterocycles. The second kappa shape index (κ2) is 5.93. The van der Waals surface area contributed by atoms with Gasteiger partial charge >= 0.3 is 0 Å². The van der Waals surface area contributed by atoms with Crippen molar-refractivity contribution < 1.29 is 0 Å². The van der Waals surface area contributed by atoms with Gasteiger partial charge in [0.05, 0.1) is 0 Å². The molecule has 1 aliphatic heterocycles. The molecule has 1 heterocycles. The van der Waals surface area contributed by atoms with Crippen molar-refractivity contribution in [2.45, 2.75) is 32.7 Å². The molecule has 2 N–H and O–H groups in total. The Morgan fingerprint density at radius 2 is 1.74 bits per heavy atom. The largest absolute Gasteiger partial charge is 0.369 e. The first-order valence-electron chi connectivity index (χ1n) is 7.36. The van der Waals surface area contributed by atoms with E-state index in [4.69, 9.17) is 5.73 Å². The van der Waals surface area contributed by atoms with Gasteiger partial charge in [-0.1, -0.05) is 25.1 Å². The molecule has 0 saturated carbocycles. The van der Waals surface area contributed by atoms with Crippen LogP contribution in [0.1, 0.15) is 26.3 Å². The van der Waals surface area contributed by atoms with E-state index in [1.54, 1.807) is 0 Å². The van der Waals surface area contributed by atoms with E-state index >= 15 is 0 Å². The number of benzene rings is 1. The zero-order chi connectivity index (χ0) is 13.9. The predicted molar refractivity (Wildman–Crippen MR) is 82.7 cm³/mol. The van der Waals surface area contributed by atoms with E-state index in [2.05, 4.69) is 54.8 Å². The van der Waals surface area contributed by atoms with Gasteiger partial charge in [-0.05, 0) is 31.9 Å². The molecule has 1 saturated heterocycles. The van der Waals surface area contributed by atoms with Gasteiger partial charge in [-0.3, -0.25) is 4.90 Å². The maximum atomic E-state index is 5.87. The molecule has 3 nitrogen and oxygen atoms in total. The number of hydrogen-bond acceptors (Lipinski definition) is 3. The lowest BCUT2D eigenvalue weighted by atomic mass is 10.0. The molecule has 2 rings (SSSR count). The first-order valence-corrected chi connectivity index (χ1v) is 7.36. The van der Waals surface area contributed by atoms with E-state index in [1.165, 1.54) is 11.3 Å². The fourth-order valence-corrected chi connectivity index (χ4v) is 2.80. The average molecular weight is 261 g/mol. The van der Waals surface area contributed by atoms with Crippen molar-refractivity contribution in [3.05, 3.63) is 29.8 Å². The van der Waals surface area contributed by atoms with Crippen molar-refractivity contribution in [1.29, 1.82) is 0 Å². The van der Waals surface area contributed by atoms with Gasteiger partial charge in [-0.15, -0.1) is 0 Å². The predicted octanol–water partition coefficient (Wildman–Crippen LogP) is 2.11. The molecule has 19 heavy (non-hydrogen) atoms. The van der Waals surface area contributed by atoms with Gasteiger partial charge in [0, 0.05) is 44.0 Å². The summed E-state index contributed by atoms with van der Waals surface area (Å²) in [6.07, 6.45) is 1.10. The van der Waals surface area contributed by atoms with Crippen LogP contribution in [0.2, 0.25) is 0 Å². The minimum atomic E-state index is 0.121. The molecule has 0 aliphatic carbocycles. The molecule has 106 valence electrons. The Morgan fingerprint density at radius 3 is 2.32 bits per heavy atom. The van der Waals surface area contributed by atoms with Crippen LogP contribution in [-0.2, 0) is 6.42 Å². The molecular weight excluding hydrogens is 234 g/mol. The summed E-state index contributed by atoms with van der Waals surface area (Å²) in [5.41, 5.74) is 8.86. The van der Waals surface area contributed by atoms with Crippen LogP contribution >= 0.6 is 0 Å². The number of nitrogens with two attached hydrogens (primary N) is 1. The van der Waals surface area contributed by atoms with Crippen LogP contribution in [-0.4, -0.2) is 43.2 Å². The van der Waals surface area contributed by atoms with Crippen LogP contribution in [0, 0.1) is 0 Å². The number of aryl methyl sites for hydroxylation is 1. The fraction of sp³-hybridized carbons (Fsp3) is 0.625. The normalized spacial score (nSPS) is 17.8. The van der Waals surface area contributed by atoms with Gasteiger partial charge in [-0.2, -0.15) is 0 Å². The fourth-order valence-electron chi connectivity index (χ4n) is 2.80. The summed E-state index contributed by atoms with van der Waals surface area (Å²) < 4.78 is 0. The molecule has 0 radical (unpaired) electrons. The number of piperazine rings is 1. The zero-order valence-electron chi connectivity index (χ0n) is 12.5. The average Bonchev–Trinajstić information content (AvgIpc) is 2.47. The van der Waals surface area contributed by atoms with E-state index in [-0.39, 0.29) is 5.54 Å². The number of para-hydroxylation sites is 1. The van der Waals surface area contributed by atoms with Crippen LogP contribution in [0.3, 0.4) is 0 Å². The van der Waals surface area contributed by atoms with Crippen LogP contribution in [0.5, 0.6) is 0 Å². The Labute approximate surface area is 117 Å². The van der Waals surface area contributed by atoms with E-state index in [0.717, 1.165) is 39.1 Å². The van der Waals surface area contributed by atoms with E-state index < -0.39 is 0 Å². The quantitative estimate of drug-likeness (QED) is 0.901. The van der Waals surface area contributed by atoms with Crippen LogP contribution < -0.4 is 10.6 Å². The molecule has 0 atom stereocenters. The Hall–Kier alpha value is -1.06. The second-order valence-electron chi connectivity index (χ2n) is 5.97. The Morgan fingerprint density at radius 1 is 1.11 bits per heavy atom. The van der Waals surface area contributed by atoms with Crippen molar-refractivity contribution in [3.63, 3.8) is 0 Å². The lowest BCUT2D eigenvalue weighted by Crippen LogP contribution is -2.57. The van der Waals surface area contributed by atoms with Gasteiger partial charge in [0.1, 0.15) is 0 Å². The highest BCUT2D eigenvalue weighted by Gasteiger charge is 2.28. The Bertz CT molecular complexity index is 406. The number of anilines is 1. The molecule has 0 bridgehead atoms. The lowest BCUT2D eigenvalue weighted by molar-refractivity contribution is 0.119. The summed E-state index contributed by atoms with van der Waals surface area (Å²) in [4.78, 5) is 5.03. The number of rotatable bonds is 4. The van der Waals surface area contributed by atoms with Gasteiger partial charge in [0.2, 0.25) is 0 Å². The summed E-state index contributed by atoms with van der Waals surface area (Å²) in [5, 5.41) is 0. The SMILES string of the molecule is CCc1ccccc1N1CCN(C(C)(C)CN)CC1. The Kier molecular flexibility index (Phi) is 4.48. The monoisotopic (exact) mass is 261 g/mol. The molecule has 0 amide bonds. The maximum absolute atomic E-state index is 5.87. The van der Waals surface area contributed by atoms with Gasteiger partial charge in [0.15, 0.2) is 0 Å². The van der Waals surface area contributed by atoms with Crippen LogP contribution in [0.25, 0.3) is 0 Å². The third-order valence-corrected chi connectivity index (χ3v) is 4.35. The summed E-state index contributed by atoms with van der Waals surface area (Å²) in [7, 11) is 0. The van der Waals surface area contributed by atoms with Crippen molar-refractivity contribution in [3.8, 4) is 0 Å².